The zero-order chi connectivity index (χ0) is 24.0. The second-order valence-electron chi connectivity index (χ2n) is 7.70. The van der Waals surface area contributed by atoms with E-state index < -0.39 is 0 Å². The third-order valence-corrected chi connectivity index (χ3v) is 6.32. The fourth-order valence-electron chi connectivity index (χ4n) is 3.68. The zero-order valence-electron chi connectivity index (χ0n) is 19.0. The zero-order valence-corrected chi connectivity index (χ0v) is 19.8. The standard InChI is InChI=1S/C26H22FN5O2S/c1-33-22-10-6-5-9-21(22)25-28-24(34-31-25)17-35-26-30-29-23(16-11-18-7-3-2-4-8-18)32(26)20-14-12-19(27)13-15-20/h2-10,12-15H,11,16-17H2,1H3. The number of halogens is 1. The van der Waals surface area contributed by atoms with Crippen LogP contribution in [0.3, 0.4) is 0 Å². The van der Waals surface area contributed by atoms with Crippen LogP contribution in [0.25, 0.3) is 17.1 Å². The summed E-state index contributed by atoms with van der Waals surface area (Å²) in [5, 5.41) is 13.6. The largest absolute Gasteiger partial charge is 0.496 e. The molecule has 9 heteroatoms. The van der Waals surface area contributed by atoms with Gasteiger partial charge >= 0.3 is 0 Å². The molecule has 0 atom stereocenters. The van der Waals surface area contributed by atoms with Crippen LogP contribution >= 0.6 is 11.8 Å². The molecular formula is C26H22FN5O2S. The summed E-state index contributed by atoms with van der Waals surface area (Å²) in [5.74, 6) is 2.49. The van der Waals surface area contributed by atoms with E-state index in [4.69, 9.17) is 9.26 Å². The molecule has 0 saturated heterocycles. The molecule has 0 aliphatic heterocycles. The Morgan fingerprint density at radius 3 is 2.49 bits per heavy atom. The van der Waals surface area contributed by atoms with E-state index >= 15 is 0 Å². The van der Waals surface area contributed by atoms with Crippen LogP contribution in [0.1, 0.15) is 17.3 Å². The van der Waals surface area contributed by atoms with E-state index in [1.165, 1.54) is 29.5 Å². The minimum absolute atomic E-state index is 0.295. The van der Waals surface area contributed by atoms with Crippen LogP contribution in [0.15, 0.2) is 88.5 Å². The molecule has 2 heterocycles. The fourth-order valence-corrected chi connectivity index (χ4v) is 4.49. The van der Waals surface area contributed by atoms with Gasteiger partial charge in [0.05, 0.1) is 18.4 Å². The lowest BCUT2D eigenvalue weighted by Gasteiger charge is -2.10. The molecule has 0 saturated carbocycles. The molecule has 176 valence electrons. The predicted octanol–water partition coefficient (Wildman–Crippen LogP) is 5.54. The smallest absolute Gasteiger partial charge is 0.237 e. The molecule has 0 amide bonds. The minimum Gasteiger partial charge on any atom is -0.496 e. The lowest BCUT2D eigenvalue weighted by Crippen LogP contribution is -2.05. The third-order valence-electron chi connectivity index (χ3n) is 5.41. The van der Waals surface area contributed by atoms with Gasteiger partial charge in [-0.2, -0.15) is 4.98 Å². The van der Waals surface area contributed by atoms with Crippen molar-refractivity contribution in [2.24, 2.45) is 0 Å². The topological polar surface area (TPSA) is 78.9 Å². The van der Waals surface area contributed by atoms with Gasteiger partial charge < -0.3 is 9.26 Å². The summed E-state index contributed by atoms with van der Waals surface area (Å²) in [6.07, 6.45) is 1.50. The van der Waals surface area contributed by atoms with Gasteiger partial charge in [0.1, 0.15) is 17.4 Å². The number of aryl methyl sites for hydroxylation is 2. The van der Waals surface area contributed by atoms with Crippen molar-refractivity contribution in [2.45, 2.75) is 23.8 Å². The Morgan fingerprint density at radius 1 is 0.914 bits per heavy atom. The highest BCUT2D eigenvalue weighted by Crippen LogP contribution is 2.29. The summed E-state index contributed by atoms with van der Waals surface area (Å²) >= 11 is 1.43. The Hall–Kier alpha value is -3.98. The van der Waals surface area contributed by atoms with Gasteiger partial charge in [-0.1, -0.05) is 59.4 Å². The molecule has 7 nitrogen and oxygen atoms in total. The molecule has 2 aromatic heterocycles. The van der Waals surface area contributed by atoms with Crippen molar-refractivity contribution in [1.29, 1.82) is 0 Å². The van der Waals surface area contributed by atoms with Crippen molar-refractivity contribution in [2.75, 3.05) is 7.11 Å². The average molecular weight is 488 g/mol. The van der Waals surface area contributed by atoms with E-state index in [1.54, 1.807) is 19.2 Å². The third kappa shape index (κ3) is 5.25. The Balaban J connectivity index is 1.37. The maximum Gasteiger partial charge on any atom is 0.237 e. The average Bonchev–Trinajstić information content (AvgIpc) is 3.54. The van der Waals surface area contributed by atoms with Crippen LogP contribution in [0, 0.1) is 5.82 Å². The first kappa shape index (κ1) is 22.8. The van der Waals surface area contributed by atoms with Crippen molar-refractivity contribution in [3.05, 3.63) is 102 Å². The first-order valence-electron chi connectivity index (χ1n) is 11.0. The first-order valence-corrected chi connectivity index (χ1v) is 12.0. The summed E-state index contributed by atoms with van der Waals surface area (Å²) < 4.78 is 26.4. The quantitative estimate of drug-likeness (QED) is 0.253. The van der Waals surface area contributed by atoms with Gasteiger partial charge in [0, 0.05) is 12.1 Å². The molecule has 5 aromatic rings. The van der Waals surface area contributed by atoms with Crippen molar-refractivity contribution >= 4 is 11.8 Å². The van der Waals surface area contributed by atoms with Crippen molar-refractivity contribution in [3.8, 4) is 22.8 Å². The highest BCUT2D eigenvalue weighted by atomic mass is 32.2. The monoisotopic (exact) mass is 487 g/mol. The number of benzene rings is 3. The SMILES string of the molecule is COc1ccccc1-c1noc(CSc2nnc(CCc3ccccc3)n2-c2ccc(F)cc2)n1. The maximum absolute atomic E-state index is 13.6. The van der Waals surface area contributed by atoms with Crippen molar-refractivity contribution < 1.29 is 13.7 Å². The van der Waals surface area contributed by atoms with E-state index in [9.17, 15) is 4.39 Å². The number of hydrogen-bond donors (Lipinski definition) is 0. The molecule has 0 aliphatic carbocycles. The summed E-state index contributed by atoms with van der Waals surface area (Å²) in [6.45, 7) is 0. The van der Waals surface area contributed by atoms with E-state index in [2.05, 4.69) is 32.5 Å². The van der Waals surface area contributed by atoms with Gasteiger partial charge in [-0.05, 0) is 48.4 Å². The predicted molar refractivity (Wildman–Crippen MR) is 131 cm³/mol. The maximum atomic E-state index is 13.6. The van der Waals surface area contributed by atoms with Crippen LogP contribution in [-0.2, 0) is 18.6 Å². The van der Waals surface area contributed by atoms with Gasteiger partial charge in [-0.15, -0.1) is 10.2 Å². The van der Waals surface area contributed by atoms with Crippen LogP contribution in [0.2, 0.25) is 0 Å². The Bertz CT molecular complexity index is 1400. The van der Waals surface area contributed by atoms with Crippen molar-refractivity contribution in [1.82, 2.24) is 24.9 Å². The Kier molecular flexibility index (Phi) is 6.85. The number of rotatable bonds is 9. The number of hydrogen-bond acceptors (Lipinski definition) is 7. The minimum atomic E-state index is -0.295. The van der Waals surface area contributed by atoms with E-state index in [0.29, 0.717) is 34.8 Å². The Morgan fingerprint density at radius 2 is 1.69 bits per heavy atom. The molecule has 35 heavy (non-hydrogen) atoms. The Labute approximate surface area is 206 Å². The lowest BCUT2D eigenvalue weighted by molar-refractivity contribution is 0.390. The summed E-state index contributed by atoms with van der Waals surface area (Å²) in [4.78, 5) is 4.52. The second kappa shape index (κ2) is 10.5. The van der Waals surface area contributed by atoms with Crippen molar-refractivity contribution in [3.63, 3.8) is 0 Å². The molecule has 3 aromatic carbocycles. The van der Waals surface area contributed by atoms with Gasteiger partial charge in [0.2, 0.25) is 11.7 Å². The second-order valence-corrected chi connectivity index (χ2v) is 8.64. The molecule has 5 rings (SSSR count). The molecule has 0 fully saturated rings. The lowest BCUT2D eigenvalue weighted by atomic mass is 10.1. The first-order chi connectivity index (χ1) is 17.2. The number of nitrogens with zero attached hydrogens (tertiary/aromatic N) is 5. The number of para-hydroxylation sites is 1. The molecule has 0 aliphatic rings. The van der Waals surface area contributed by atoms with E-state index in [0.717, 1.165) is 23.5 Å². The summed E-state index contributed by atoms with van der Waals surface area (Å²) in [6, 6.07) is 24.0. The highest BCUT2D eigenvalue weighted by Gasteiger charge is 2.18. The molecule has 0 radical (unpaired) electrons. The van der Waals surface area contributed by atoms with Crippen LogP contribution < -0.4 is 4.74 Å². The van der Waals surface area contributed by atoms with Gasteiger partial charge in [0.15, 0.2) is 5.16 Å². The van der Waals surface area contributed by atoms with E-state index in [1.807, 2.05) is 47.0 Å². The molecule has 0 unspecified atom stereocenters. The molecule has 0 bridgehead atoms. The van der Waals surface area contributed by atoms with Crippen LogP contribution in [-0.4, -0.2) is 32.0 Å². The summed E-state index contributed by atoms with van der Waals surface area (Å²) in [7, 11) is 1.60. The van der Waals surface area contributed by atoms with Gasteiger partial charge in [-0.25, -0.2) is 4.39 Å². The molecular weight excluding hydrogens is 465 g/mol. The normalized spacial score (nSPS) is 11.0. The summed E-state index contributed by atoms with van der Waals surface area (Å²) in [5.41, 5.74) is 2.76. The molecule has 0 spiro atoms. The fraction of sp³-hybridized carbons (Fsp3) is 0.154. The number of ether oxygens (including phenoxy) is 1. The van der Waals surface area contributed by atoms with Gasteiger partial charge in [0.25, 0.3) is 0 Å². The highest BCUT2D eigenvalue weighted by molar-refractivity contribution is 7.98. The molecule has 0 N–H and O–H groups in total. The number of thioether (sulfide) groups is 1. The number of aromatic nitrogens is 5. The number of methoxy groups -OCH3 is 1. The van der Waals surface area contributed by atoms with E-state index in [-0.39, 0.29) is 5.82 Å². The van der Waals surface area contributed by atoms with Gasteiger partial charge in [-0.3, -0.25) is 4.57 Å². The van der Waals surface area contributed by atoms with Crippen LogP contribution in [0.5, 0.6) is 5.75 Å². The van der Waals surface area contributed by atoms with Crippen LogP contribution in [0.4, 0.5) is 4.39 Å².